The molecule has 28 aromatic rings. The lowest BCUT2D eigenvalue weighted by molar-refractivity contribution is 0.669. The van der Waals surface area contributed by atoms with Gasteiger partial charge < -0.3 is 22.7 Å². The number of para-hydroxylation sites is 9. The zero-order valence-corrected chi connectivity index (χ0v) is 85.3. The fraction of sp³-hybridized carbons (Fsp3) is 0.0455. The minimum absolute atomic E-state index is 0.757. The van der Waals surface area contributed by atoms with Crippen LogP contribution in [0.2, 0.25) is 39.3 Å². The number of benzene rings is 19. The van der Waals surface area contributed by atoms with Crippen LogP contribution in [0.3, 0.4) is 0 Å². The SMILES string of the molecule is C[Si]1(C)c2ccccc2-c2c(-c3ccccc3)nc(-c3ccccc3-n3c4ccccc4c4cc5c(cc43)c3ccccc3n5-c3ccccc3)nc21.C[Si]1(C)c2ccccc2-c2c(-c3ccccc3)nc(-c3ccccc3-n3c4ccccc4c4cc5oc6ccccc6c5cc43)nc21.C[Si]1(C)c2ccccc2-c2c(-c3ccccc3)nc(-c3ccccc3-n3c4ccccc4c4cc5sc6ccccc6c5cc43)nc21. The number of nitrogens with zero attached hydrogens (tertiary/aromatic N) is 10. The molecule has 0 atom stereocenters. The summed E-state index contributed by atoms with van der Waals surface area (Å²) in [5.41, 5.74) is 32.4. The largest absolute Gasteiger partial charge is 0.456 e. The summed E-state index contributed by atoms with van der Waals surface area (Å²) in [6.45, 7) is 14.6. The second-order valence-corrected chi connectivity index (χ2v) is 54.4. The van der Waals surface area contributed by atoms with Crippen LogP contribution >= 0.6 is 11.3 Å². The van der Waals surface area contributed by atoms with E-state index in [2.05, 4.69) is 494 Å². The smallest absolute Gasteiger partial charge is 0.161 e. The second kappa shape index (κ2) is 33.2. The molecule has 694 valence electrons. The van der Waals surface area contributed by atoms with Crippen molar-refractivity contribution in [1.82, 2.24) is 48.2 Å². The first kappa shape index (κ1) is 86.0. The van der Waals surface area contributed by atoms with Crippen molar-refractivity contribution in [3.05, 3.63) is 449 Å². The van der Waals surface area contributed by atoms with Crippen LogP contribution in [-0.2, 0) is 0 Å². The number of hydrogen-bond donors (Lipinski definition) is 0. The third-order valence-corrected chi connectivity index (χ3v) is 42.4. The molecule has 11 nitrogen and oxygen atoms in total. The first-order chi connectivity index (χ1) is 72.2. The van der Waals surface area contributed by atoms with Gasteiger partial charge in [0.15, 0.2) is 17.5 Å². The van der Waals surface area contributed by atoms with Crippen molar-refractivity contribution in [3.63, 3.8) is 0 Å². The van der Waals surface area contributed by atoms with Gasteiger partial charge in [-0.25, -0.2) is 29.9 Å². The minimum Gasteiger partial charge on any atom is -0.456 e. The molecule has 0 bridgehead atoms. The summed E-state index contributed by atoms with van der Waals surface area (Å²) < 4.78 is 18.6. The molecule has 0 unspecified atom stereocenters. The molecule has 0 radical (unpaired) electrons. The number of thiophene rings is 1. The van der Waals surface area contributed by atoms with E-state index in [0.717, 1.165) is 140 Å². The highest BCUT2D eigenvalue weighted by molar-refractivity contribution is 7.26. The van der Waals surface area contributed by atoms with Gasteiger partial charge in [-0.15, -0.1) is 11.3 Å². The highest BCUT2D eigenvalue weighted by Gasteiger charge is 2.46. The first-order valence-corrected chi connectivity index (χ1v) is 60.3. The summed E-state index contributed by atoms with van der Waals surface area (Å²) in [5, 5.41) is 22.5. The predicted molar refractivity (Wildman–Crippen MR) is 623 cm³/mol. The lowest BCUT2D eigenvalue weighted by atomic mass is 10.0. The van der Waals surface area contributed by atoms with E-state index in [1.165, 1.54) is 145 Å². The minimum atomic E-state index is -2.12. The normalized spacial score (nSPS) is 13.4. The average Bonchev–Trinajstić information content (AvgIpc) is 1.57. The number of aromatic nitrogens is 10. The summed E-state index contributed by atoms with van der Waals surface area (Å²) >= 11 is 1.87. The Morgan fingerprint density at radius 3 is 0.905 bits per heavy atom. The zero-order valence-electron chi connectivity index (χ0n) is 81.5. The molecule has 0 amide bonds. The summed E-state index contributed by atoms with van der Waals surface area (Å²) in [4.78, 5) is 33.0. The summed E-state index contributed by atoms with van der Waals surface area (Å²) in [6, 6.07) is 161. The molecule has 31 rings (SSSR count). The van der Waals surface area contributed by atoms with E-state index >= 15 is 0 Å². The number of fused-ring (bicyclic) bond motifs is 27. The van der Waals surface area contributed by atoms with Crippen LogP contribution in [0.25, 0.3) is 253 Å². The maximum Gasteiger partial charge on any atom is 0.161 e. The standard InChI is InChI=1S/C48H34N4Si.C42H29N3OSi.C42H29N3SSi/c1-53(2)44-28-16-12-24-36(44)45-46(31-17-5-3-6-18-31)49-47(50-48(45)53)35-23-11-15-27-41(35)52-40-26-14-10-22-34(40)38-29-42-37(30-43(38)52)33-21-9-13-25-39(33)51(42)32-19-7-4-8-20-32;2*1-47(2)38-23-13-9-19-30(38)39-40(26-14-4-3-5-15-26)43-41(44-42(39)47)29-18-7-11-21-34(29)45-33-20-10-6-16-27(33)31-25-37-32(24-35(31)45)28-17-8-12-22-36(28)46-37/h3-30H,1-2H3;2*3-25H,1-2H3. The Balaban J connectivity index is 0.000000104. The monoisotopic (exact) mass is 1950 g/mol. The van der Waals surface area contributed by atoms with Crippen molar-refractivity contribution in [2.24, 2.45) is 0 Å². The van der Waals surface area contributed by atoms with Crippen LogP contribution < -0.4 is 31.5 Å². The van der Waals surface area contributed by atoms with Crippen LogP contribution in [0.1, 0.15) is 0 Å². The quantitative estimate of drug-likeness (QED) is 0.125. The summed E-state index contributed by atoms with van der Waals surface area (Å²) in [5.74, 6) is 2.30. The van der Waals surface area contributed by atoms with E-state index in [1.54, 1.807) is 0 Å². The Morgan fingerprint density at radius 2 is 0.497 bits per heavy atom. The summed E-state index contributed by atoms with van der Waals surface area (Å²) in [6.07, 6.45) is 0. The second-order valence-electron chi connectivity index (χ2n) is 40.6. The molecule has 3 aliphatic heterocycles. The van der Waals surface area contributed by atoms with Crippen molar-refractivity contribution < 1.29 is 4.42 Å². The maximum atomic E-state index is 6.34. The van der Waals surface area contributed by atoms with Crippen molar-refractivity contribution >= 4 is 196 Å². The maximum absolute atomic E-state index is 6.34. The predicted octanol–water partition coefficient (Wildman–Crippen LogP) is 30.5. The van der Waals surface area contributed by atoms with Gasteiger partial charge in [0.25, 0.3) is 0 Å². The van der Waals surface area contributed by atoms with Gasteiger partial charge in [-0.05, 0) is 154 Å². The third-order valence-electron chi connectivity index (χ3n) is 31.2. The van der Waals surface area contributed by atoms with E-state index < -0.39 is 24.2 Å². The highest BCUT2D eigenvalue weighted by atomic mass is 32.1. The molecule has 0 saturated carbocycles. The molecular weight excluding hydrogens is 1860 g/mol. The Kier molecular flexibility index (Phi) is 19.4. The van der Waals surface area contributed by atoms with Crippen LogP contribution in [0.5, 0.6) is 0 Å². The molecule has 9 aromatic heterocycles. The van der Waals surface area contributed by atoms with Crippen molar-refractivity contribution in [2.45, 2.75) is 39.3 Å². The fourth-order valence-corrected chi connectivity index (χ4v) is 34.3. The number of rotatable bonds is 10. The van der Waals surface area contributed by atoms with Crippen LogP contribution in [-0.4, -0.2) is 72.4 Å². The lowest BCUT2D eigenvalue weighted by Gasteiger charge is -2.20. The van der Waals surface area contributed by atoms with E-state index in [1.807, 2.05) is 23.5 Å². The Labute approximate surface area is 854 Å². The molecule has 15 heteroatoms. The van der Waals surface area contributed by atoms with Gasteiger partial charge in [0.2, 0.25) is 0 Å². The van der Waals surface area contributed by atoms with Gasteiger partial charge in [-0.3, -0.25) is 0 Å². The zero-order chi connectivity index (χ0) is 97.8. The Morgan fingerprint density at radius 1 is 0.204 bits per heavy atom. The van der Waals surface area contributed by atoms with Gasteiger partial charge in [-0.2, -0.15) is 0 Å². The lowest BCUT2D eigenvalue weighted by Crippen LogP contribution is -2.50. The highest BCUT2D eigenvalue weighted by Crippen LogP contribution is 2.49. The Bertz CT molecular complexity index is 10000. The van der Waals surface area contributed by atoms with Crippen molar-refractivity contribution in [3.8, 4) is 124 Å². The van der Waals surface area contributed by atoms with E-state index in [0.29, 0.717) is 0 Å². The first-order valence-electron chi connectivity index (χ1n) is 50.5. The number of hydrogen-bond acceptors (Lipinski definition) is 8. The fourth-order valence-electron chi connectivity index (χ4n) is 24.4. The molecule has 147 heavy (non-hydrogen) atoms. The molecule has 0 aliphatic carbocycles. The molecule has 3 aliphatic rings. The molecule has 12 heterocycles. The molecule has 0 spiro atoms. The Hall–Kier alpha value is -17.7. The van der Waals surface area contributed by atoms with Crippen molar-refractivity contribution in [1.29, 1.82) is 0 Å². The van der Waals surface area contributed by atoms with Crippen LogP contribution in [0.15, 0.2) is 453 Å². The molecule has 0 fully saturated rings. The van der Waals surface area contributed by atoms with Gasteiger partial charge in [0, 0.05) is 146 Å². The van der Waals surface area contributed by atoms with Gasteiger partial charge in [0.05, 0.1) is 78.3 Å². The van der Waals surface area contributed by atoms with Crippen LogP contribution in [0, 0.1) is 0 Å². The average molecular weight is 1950 g/mol. The molecule has 0 N–H and O–H groups in total. The van der Waals surface area contributed by atoms with E-state index in [-0.39, 0.29) is 0 Å². The topological polar surface area (TPSA) is 110 Å². The third kappa shape index (κ3) is 13.2. The van der Waals surface area contributed by atoms with Gasteiger partial charge in [0.1, 0.15) is 35.4 Å². The number of furan rings is 1. The van der Waals surface area contributed by atoms with E-state index in [4.69, 9.17) is 34.3 Å². The molecule has 19 aromatic carbocycles. The molecule has 0 saturated heterocycles. The summed E-state index contributed by atoms with van der Waals surface area (Å²) in [7, 11) is -6.31. The van der Waals surface area contributed by atoms with E-state index in [9.17, 15) is 0 Å². The van der Waals surface area contributed by atoms with Crippen LogP contribution in [0.4, 0.5) is 0 Å². The molecular formula is C132H92N10OSSi3. The van der Waals surface area contributed by atoms with Gasteiger partial charge >= 0.3 is 0 Å². The van der Waals surface area contributed by atoms with Gasteiger partial charge in [-0.1, -0.05) is 367 Å². The van der Waals surface area contributed by atoms with Crippen molar-refractivity contribution in [2.75, 3.05) is 0 Å².